The molecule has 0 bridgehead atoms. The van der Waals surface area contributed by atoms with Crippen LogP contribution in [0, 0.1) is 12.7 Å². The van der Waals surface area contributed by atoms with Crippen molar-refractivity contribution < 1.29 is 32.8 Å². The van der Waals surface area contributed by atoms with Crippen molar-refractivity contribution in [2.24, 2.45) is 0 Å². The highest BCUT2D eigenvalue weighted by atomic mass is 19.1. The number of rotatable bonds is 12. The molecule has 0 unspecified atom stereocenters. The number of aryl methyl sites for hydroxylation is 1. The van der Waals surface area contributed by atoms with Crippen molar-refractivity contribution in [3.05, 3.63) is 65.3 Å². The van der Waals surface area contributed by atoms with E-state index in [-0.39, 0.29) is 43.4 Å². The van der Waals surface area contributed by atoms with Crippen molar-refractivity contribution in [3.63, 3.8) is 0 Å². The third-order valence-electron chi connectivity index (χ3n) is 6.04. The van der Waals surface area contributed by atoms with Crippen LogP contribution in [0.25, 0.3) is 10.8 Å². The monoisotopic (exact) mass is 569 g/mol. The summed E-state index contributed by atoms with van der Waals surface area (Å²) in [5.41, 5.74) is 0.182. The van der Waals surface area contributed by atoms with E-state index in [1.807, 2.05) is 20.8 Å². The molecule has 220 valence electrons. The number of aromatic nitrogens is 1. The smallest absolute Gasteiger partial charge is 0.274 e. The number of fused-ring (bicyclic) bond motifs is 1. The van der Waals surface area contributed by atoms with Gasteiger partial charge in [0.05, 0.1) is 6.61 Å². The Balaban J connectivity index is 1.71. The summed E-state index contributed by atoms with van der Waals surface area (Å²) in [4.78, 5) is 51.6. The van der Waals surface area contributed by atoms with E-state index < -0.39 is 35.3 Å². The normalized spacial score (nSPS) is 12.8. The van der Waals surface area contributed by atoms with E-state index >= 15 is 0 Å². The second kappa shape index (κ2) is 13.8. The maximum Gasteiger partial charge on any atom is 0.274 e. The van der Waals surface area contributed by atoms with Gasteiger partial charge in [0, 0.05) is 37.1 Å². The zero-order chi connectivity index (χ0) is 30.2. The molecule has 4 N–H and O–H groups in total. The molecular formula is C29H36FN5O6. The van der Waals surface area contributed by atoms with Crippen molar-refractivity contribution in [3.8, 4) is 0 Å². The minimum atomic E-state index is -1.17. The topological polar surface area (TPSA) is 152 Å². The standard InChI is InChI=1S/C29H36FN5O6/c1-17-14-23(35-41-17)28(39)32-22(12-13-25(36)34-29(2,3)4)27(38)33-24(16-40-5)26(37)31-15-18-10-11-21(30)20-9-7-6-8-19(18)20/h6-11,14,22,24H,12-13,15-16H2,1-5H3,(H,31,37)(H,32,39)(H,33,38)(H,34,36)/t22-,24-/m0/s1. The van der Waals surface area contributed by atoms with E-state index in [4.69, 9.17) is 9.26 Å². The number of hydrogen-bond acceptors (Lipinski definition) is 7. The van der Waals surface area contributed by atoms with Crippen molar-refractivity contribution in [1.29, 1.82) is 0 Å². The lowest BCUT2D eigenvalue weighted by Crippen LogP contribution is -2.55. The molecule has 2 atom stereocenters. The number of nitrogens with one attached hydrogen (secondary N) is 4. The summed E-state index contributed by atoms with van der Waals surface area (Å²) in [5.74, 6) is -2.17. The van der Waals surface area contributed by atoms with Crippen molar-refractivity contribution in [2.45, 2.75) is 64.7 Å². The number of amides is 4. The SMILES string of the molecule is COC[C@H](NC(=O)[C@H](CCC(=O)NC(C)(C)C)NC(=O)c1cc(C)on1)C(=O)NCc1ccc(F)c2ccccc12. The van der Waals surface area contributed by atoms with Gasteiger partial charge in [0.2, 0.25) is 17.7 Å². The Morgan fingerprint density at radius 2 is 1.71 bits per heavy atom. The molecule has 0 saturated heterocycles. The van der Waals surface area contributed by atoms with Crippen LogP contribution in [-0.4, -0.2) is 60.1 Å². The summed E-state index contributed by atoms with van der Waals surface area (Å²) < 4.78 is 24.3. The van der Waals surface area contributed by atoms with Crippen LogP contribution < -0.4 is 21.3 Å². The van der Waals surface area contributed by atoms with Gasteiger partial charge in [-0.3, -0.25) is 19.2 Å². The van der Waals surface area contributed by atoms with E-state index in [1.165, 1.54) is 19.2 Å². The predicted octanol–water partition coefficient (Wildman–Crippen LogP) is 2.52. The van der Waals surface area contributed by atoms with Gasteiger partial charge in [0.25, 0.3) is 5.91 Å². The lowest BCUT2D eigenvalue weighted by Gasteiger charge is -2.24. The van der Waals surface area contributed by atoms with Crippen LogP contribution in [0.5, 0.6) is 0 Å². The molecule has 2 aromatic carbocycles. The first kappa shape index (κ1) is 31.2. The van der Waals surface area contributed by atoms with Crippen molar-refractivity contribution >= 4 is 34.4 Å². The molecule has 4 amide bonds. The third kappa shape index (κ3) is 9.10. The molecule has 0 radical (unpaired) electrons. The van der Waals surface area contributed by atoms with E-state index in [9.17, 15) is 23.6 Å². The number of ether oxygens (including phenoxy) is 1. The fourth-order valence-electron chi connectivity index (χ4n) is 4.14. The average Bonchev–Trinajstić information content (AvgIpc) is 3.35. The van der Waals surface area contributed by atoms with Gasteiger partial charge in [-0.15, -0.1) is 0 Å². The first-order valence-electron chi connectivity index (χ1n) is 13.2. The Morgan fingerprint density at radius 1 is 1.00 bits per heavy atom. The second-order valence-electron chi connectivity index (χ2n) is 10.7. The molecule has 11 nitrogen and oxygen atoms in total. The quantitative estimate of drug-likeness (QED) is 0.262. The van der Waals surface area contributed by atoms with Crippen LogP contribution in [0.4, 0.5) is 4.39 Å². The van der Waals surface area contributed by atoms with Crippen LogP contribution in [-0.2, 0) is 25.7 Å². The van der Waals surface area contributed by atoms with Gasteiger partial charge in [0.15, 0.2) is 5.69 Å². The maximum absolute atomic E-state index is 14.2. The predicted molar refractivity (Wildman–Crippen MR) is 149 cm³/mol. The summed E-state index contributed by atoms with van der Waals surface area (Å²) in [6.07, 6.45) is -0.106. The fraction of sp³-hybridized carbons (Fsp3) is 0.414. The Labute approximate surface area is 237 Å². The van der Waals surface area contributed by atoms with E-state index in [0.717, 1.165) is 0 Å². The lowest BCUT2D eigenvalue weighted by atomic mass is 10.0. The second-order valence-corrected chi connectivity index (χ2v) is 10.7. The highest BCUT2D eigenvalue weighted by Gasteiger charge is 2.29. The van der Waals surface area contributed by atoms with Gasteiger partial charge in [-0.1, -0.05) is 35.5 Å². The lowest BCUT2D eigenvalue weighted by molar-refractivity contribution is -0.131. The fourth-order valence-corrected chi connectivity index (χ4v) is 4.14. The minimum Gasteiger partial charge on any atom is -0.382 e. The number of nitrogens with zero attached hydrogens (tertiary/aromatic N) is 1. The molecule has 0 fully saturated rings. The Morgan fingerprint density at radius 3 is 2.34 bits per heavy atom. The first-order chi connectivity index (χ1) is 19.4. The summed E-state index contributed by atoms with van der Waals surface area (Å²) in [6, 6.07) is 8.96. The molecule has 0 saturated carbocycles. The third-order valence-corrected chi connectivity index (χ3v) is 6.04. The first-order valence-corrected chi connectivity index (χ1v) is 13.2. The van der Waals surface area contributed by atoms with Crippen LogP contribution >= 0.6 is 0 Å². The van der Waals surface area contributed by atoms with E-state index in [1.54, 1.807) is 37.3 Å². The summed E-state index contributed by atoms with van der Waals surface area (Å²) in [7, 11) is 1.38. The number of carbonyl (C=O) groups is 4. The minimum absolute atomic E-state index is 0.0304. The van der Waals surface area contributed by atoms with Gasteiger partial charge >= 0.3 is 0 Å². The molecule has 1 aromatic heterocycles. The number of methoxy groups -OCH3 is 1. The Kier molecular flexibility index (Phi) is 10.5. The maximum atomic E-state index is 14.2. The van der Waals surface area contributed by atoms with Crippen LogP contribution in [0.15, 0.2) is 47.0 Å². The van der Waals surface area contributed by atoms with Gasteiger partial charge < -0.3 is 30.5 Å². The largest absolute Gasteiger partial charge is 0.382 e. The number of benzene rings is 2. The average molecular weight is 570 g/mol. The number of carbonyl (C=O) groups excluding carboxylic acids is 4. The molecule has 0 aliphatic carbocycles. The molecule has 0 aliphatic heterocycles. The van der Waals surface area contributed by atoms with Crippen molar-refractivity contribution in [1.82, 2.24) is 26.4 Å². The highest BCUT2D eigenvalue weighted by molar-refractivity contribution is 5.97. The molecule has 3 rings (SSSR count). The van der Waals surface area contributed by atoms with Gasteiger partial charge in [0.1, 0.15) is 23.7 Å². The van der Waals surface area contributed by atoms with Gasteiger partial charge in [-0.05, 0) is 51.1 Å². The zero-order valence-electron chi connectivity index (χ0n) is 23.8. The van der Waals surface area contributed by atoms with Crippen LogP contribution in [0.2, 0.25) is 0 Å². The molecule has 41 heavy (non-hydrogen) atoms. The summed E-state index contributed by atoms with van der Waals surface area (Å²) >= 11 is 0. The van der Waals surface area contributed by atoms with E-state index in [2.05, 4.69) is 26.4 Å². The Hall–Kier alpha value is -4.32. The summed E-state index contributed by atoms with van der Waals surface area (Å²) in [5, 5.41) is 15.5. The molecular weight excluding hydrogens is 533 g/mol. The molecule has 12 heteroatoms. The van der Waals surface area contributed by atoms with Gasteiger partial charge in [-0.2, -0.15) is 0 Å². The van der Waals surface area contributed by atoms with Crippen molar-refractivity contribution in [2.75, 3.05) is 13.7 Å². The zero-order valence-corrected chi connectivity index (χ0v) is 23.8. The number of halogens is 1. The molecule has 0 spiro atoms. The van der Waals surface area contributed by atoms with Crippen LogP contribution in [0.1, 0.15) is 55.4 Å². The number of hydrogen-bond donors (Lipinski definition) is 4. The molecule has 1 heterocycles. The summed E-state index contributed by atoms with van der Waals surface area (Å²) in [6.45, 7) is 7.02. The van der Waals surface area contributed by atoms with Crippen LogP contribution in [0.3, 0.4) is 0 Å². The highest BCUT2D eigenvalue weighted by Crippen LogP contribution is 2.21. The van der Waals surface area contributed by atoms with Gasteiger partial charge in [-0.25, -0.2) is 4.39 Å². The van der Waals surface area contributed by atoms with E-state index in [0.29, 0.717) is 22.1 Å². The Bertz CT molecular complexity index is 1400. The molecule has 0 aliphatic rings. The molecule has 3 aromatic rings.